The fraction of sp³-hybridized carbons (Fsp3) is 0.280. The summed E-state index contributed by atoms with van der Waals surface area (Å²) in [6, 6.07) is 20.6. The zero-order valence-electron chi connectivity index (χ0n) is 18.5. The van der Waals surface area contributed by atoms with Crippen LogP contribution < -0.4 is 4.74 Å². The van der Waals surface area contributed by atoms with Crippen LogP contribution >= 0.6 is 0 Å². The van der Waals surface area contributed by atoms with Crippen LogP contribution in [0.3, 0.4) is 0 Å². The van der Waals surface area contributed by atoms with Crippen molar-refractivity contribution < 1.29 is 27.0 Å². The second kappa shape index (κ2) is 10.6. The van der Waals surface area contributed by atoms with E-state index in [1.54, 1.807) is 0 Å². The molecule has 0 aliphatic carbocycles. The summed E-state index contributed by atoms with van der Waals surface area (Å²) in [5, 5.41) is 10.4. The first-order chi connectivity index (χ1) is 16.3. The summed E-state index contributed by atoms with van der Waals surface area (Å²) in [6.07, 6.45) is -0.777. The highest BCUT2D eigenvalue weighted by Crippen LogP contribution is 2.24. The molecule has 0 aromatic heterocycles. The number of nitrogens with zero attached hydrogens (tertiary/aromatic N) is 2. The number of aliphatic hydroxyl groups is 1. The molecule has 1 heterocycles. The van der Waals surface area contributed by atoms with Crippen LogP contribution in [0.1, 0.15) is 0 Å². The maximum Gasteiger partial charge on any atom is 0.249 e. The molecule has 1 aliphatic heterocycles. The average Bonchev–Trinajstić information content (AvgIpc) is 2.84. The monoisotopic (exact) mass is 488 g/mol. The van der Waals surface area contributed by atoms with Crippen molar-refractivity contribution in [1.82, 2.24) is 9.21 Å². The summed E-state index contributed by atoms with van der Waals surface area (Å²) < 4.78 is 60.1. The van der Waals surface area contributed by atoms with E-state index in [2.05, 4.69) is 0 Å². The first-order valence-corrected chi connectivity index (χ1v) is 12.4. The van der Waals surface area contributed by atoms with E-state index in [0.29, 0.717) is 25.4 Å². The molecule has 0 saturated carbocycles. The largest absolute Gasteiger partial charge is 0.491 e. The summed E-state index contributed by atoms with van der Waals surface area (Å²) in [5.41, 5.74) is 2.17. The number of hydrogen-bond acceptors (Lipinski definition) is 5. The van der Waals surface area contributed by atoms with Crippen LogP contribution in [-0.4, -0.2) is 68.2 Å². The van der Waals surface area contributed by atoms with Crippen molar-refractivity contribution in [2.24, 2.45) is 0 Å². The molecule has 1 aliphatic rings. The lowest BCUT2D eigenvalue weighted by molar-refractivity contribution is 0.0568. The van der Waals surface area contributed by atoms with Gasteiger partial charge < -0.3 is 9.84 Å². The van der Waals surface area contributed by atoms with Crippen molar-refractivity contribution in [2.75, 3.05) is 39.3 Å². The number of hydrogen-bond donors (Lipinski definition) is 1. The van der Waals surface area contributed by atoms with Gasteiger partial charge >= 0.3 is 0 Å². The Morgan fingerprint density at radius 1 is 0.824 bits per heavy atom. The fourth-order valence-corrected chi connectivity index (χ4v) is 5.46. The molecular weight excluding hydrogens is 462 g/mol. The fourth-order valence-electron chi connectivity index (χ4n) is 3.93. The molecule has 0 amide bonds. The molecule has 1 N–H and O–H groups in total. The number of ether oxygens (including phenoxy) is 1. The van der Waals surface area contributed by atoms with E-state index in [1.807, 2.05) is 59.5 Å². The number of β-amino-alcohol motifs (C(OH)–C–C–N with tert-alkyl or cyclic N) is 1. The van der Waals surface area contributed by atoms with Crippen molar-refractivity contribution in [3.05, 3.63) is 84.4 Å². The van der Waals surface area contributed by atoms with Gasteiger partial charge in [-0.1, -0.05) is 48.5 Å². The molecule has 1 atom stereocenters. The SMILES string of the molecule is O=S(=O)(c1c(F)cccc1F)N1CCN(CC(O)COc2ccc(-c3ccccc3)cc2)CC1. The van der Waals surface area contributed by atoms with Gasteiger partial charge in [-0.05, 0) is 35.4 Å². The second-order valence-corrected chi connectivity index (χ2v) is 9.99. The van der Waals surface area contributed by atoms with Crippen LogP contribution in [0.2, 0.25) is 0 Å². The van der Waals surface area contributed by atoms with Gasteiger partial charge in [0.05, 0.1) is 0 Å². The Bertz CT molecular complexity index is 1180. The van der Waals surface area contributed by atoms with Crippen molar-refractivity contribution in [3.8, 4) is 16.9 Å². The third kappa shape index (κ3) is 5.61. The van der Waals surface area contributed by atoms with Gasteiger partial charge in [0, 0.05) is 32.7 Å². The molecule has 1 unspecified atom stereocenters. The van der Waals surface area contributed by atoms with Crippen molar-refractivity contribution in [3.63, 3.8) is 0 Å². The van der Waals surface area contributed by atoms with Crippen LogP contribution in [-0.2, 0) is 10.0 Å². The number of benzene rings is 3. The summed E-state index contributed by atoms with van der Waals surface area (Å²) in [6.45, 7) is 1.19. The standard InChI is InChI=1S/C25H26F2N2O4S/c26-23-7-4-8-24(27)25(23)34(31,32)29-15-13-28(14-16-29)17-21(30)18-33-22-11-9-20(10-12-22)19-5-2-1-3-6-19/h1-12,21,30H,13-18H2. The van der Waals surface area contributed by atoms with Crippen molar-refractivity contribution >= 4 is 10.0 Å². The molecule has 4 rings (SSSR count). The molecular formula is C25H26F2N2O4S. The Morgan fingerprint density at radius 3 is 2.03 bits per heavy atom. The molecule has 6 nitrogen and oxygen atoms in total. The first-order valence-electron chi connectivity index (χ1n) is 11.0. The summed E-state index contributed by atoms with van der Waals surface area (Å²) in [7, 11) is -4.28. The summed E-state index contributed by atoms with van der Waals surface area (Å²) in [5.74, 6) is -1.57. The van der Waals surface area contributed by atoms with Gasteiger partial charge in [0.15, 0.2) is 4.90 Å². The van der Waals surface area contributed by atoms with Crippen LogP contribution in [0.15, 0.2) is 77.7 Å². The molecule has 0 spiro atoms. The summed E-state index contributed by atoms with van der Waals surface area (Å²) in [4.78, 5) is 0.978. The molecule has 0 bridgehead atoms. The van der Waals surface area contributed by atoms with Crippen LogP contribution in [0.25, 0.3) is 11.1 Å². The van der Waals surface area contributed by atoms with E-state index in [4.69, 9.17) is 4.74 Å². The zero-order valence-corrected chi connectivity index (χ0v) is 19.3. The van der Waals surface area contributed by atoms with Gasteiger partial charge in [-0.2, -0.15) is 4.31 Å². The number of rotatable bonds is 8. The molecule has 1 fully saturated rings. The van der Waals surface area contributed by atoms with E-state index in [-0.39, 0.29) is 19.7 Å². The highest BCUT2D eigenvalue weighted by Gasteiger charge is 2.33. The van der Waals surface area contributed by atoms with Crippen LogP contribution in [0, 0.1) is 11.6 Å². The topological polar surface area (TPSA) is 70.1 Å². The van der Waals surface area contributed by atoms with E-state index >= 15 is 0 Å². The predicted molar refractivity (Wildman–Crippen MR) is 125 cm³/mol. The zero-order chi connectivity index (χ0) is 24.1. The third-order valence-electron chi connectivity index (χ3n) is 5.72. The van der Waals surface area contributed by atoms with E-state index < -0.39 is 32.7 Å². The first kappa shape index (κ1) is 24.3. The Labute approximate surface area is 198 Å². The highest BCUT2D eigenvalue weighted by molar-refractivity contribution is 7.89. The molecule has 3 aromatic carbocycles. The number of piperazine rings is 1. The molecule has 34 heavy (non-hydrogen) atoms. The Morgan fingerprint density at radius 2 is 1.41 bits per heavy atom. The normalized spacial score (nSPS) is 16.3. The minimum Gasteiger partial charge on any atom is -0.491 e. The molecule has 3 aromatic rings. The van der Waals surface area contributed by atoms with E-state index in [0.717, 1.165) is 33.6 Å². The van der Waals surface area contributed by atoms with Gasteiger partial charge in [-0.3, -0.25) is 4.90 Å². The van der Waals surface area contributed by atoms with Gasteiger partial charge in [0.2, 0.25) is 10.0 Å². The number of halogens is 2. The van der Waals surface area contributed by atoms with Gasteiger partial charge in [0.1, 0.15) is 30.1 Å². The number of sulfonamides is 1. The van der Waals surface area contributed by atoms with Gasteiger partial charge in [0.25, 0.3) is 0 Å². The Hall–Kier alpha value is -2.85. The minimum absolute atomic E-state index is 0.0740. The van der Waals surface area contributed by atoms with Crippen molar-refractivity contribution in [2.45, 2.75) is 11.0 Å². The maximum atomic E-state index is 14.0. The van der Waals surface area contributed by atoms with Crippen molar-refractivity contribution in [1.29, 1.82) is 0 Å². The van der Waals surface area contributed by atoms with Crippen LogP contribution in [0.4, 0.5) is 8.78 Å². The Balaban J connectivity index is 1.26. The Kier molecular flexibility index (Phi) is 7.57. The smallest absolute Gasteiger partial charge is 0.249 e. The molecule has 0 radical (unpaired) electrons. The molecule has 180 valence electrons. The quantitative estimate of drug-likeness (QED) is 0.527. The maximum absolute atomic E-state index is 14.0. The number of aliphatic hydroxyl groups excluding tert-OH is 1. The lowest BCUT2D eigenvalue weighted by Gasteiger charge is -2.34. The predicted octanol–water partition coefficient (Wildman–Crippen LogP) is 3.38. The molecule has 9 heteroatoms. The van der Waals surface area contributed by atoms with E-state index in [9.17, 15) is 22.3 Å². The third-order valence-corrected chi connectivity index (χ3v) is 7.67. The molecule has 1 saturated heterocycles. The van der Waals surface area contributed by atoms with Gasteiger partial charge in [-0.15, -0.1) is 0 Å². The lowest BCUT2D eigenvalue weighted by Crippen LogP contribution is -2.51. The van der Waals surface area contributed by atoms with E-state index in [1.165, 1.54) is 0 Å². The van der Waals surface area contributed by atoms with Crippen LogP contribution in [0.5, 0.6) is 5.75 Å². The highest BCUT2D eigenvalue weighted by atomic mass is 32.2. The average molecular weight is 489 g/mol. The minimum atomic E-state index is -4.28. The lowest BCUT2D eigenvalue weighted by atomic mass is 10.1. The second-order valence-electron chi connectivity index (χ2n) is 8.11. The van der Waals surface area contributed by atoms with Gasteiger partial charge in [-0.25, -0.2) is 17.2 Å². The summed E-state index contributed by atoms with van der Waals surface area (Å²) >= 11 is 0.